The van der Waals surface area contributed by atoms with Crippen molar-refractivity contribution < 1.29 is 8.42 Å². The van der Waals surface area contributed by atoms with E-state index in [2.05, 4.69) is 15.2 Å². The lowest BCUT2D eigenvalue weighted by atomic mass is 10.3. The minimum atomic E-state index is -2.99. The SMILES string of the molecule is Nc1nnc2c(n1)CCS(=O)(=O)C2. The van der Waals surface area contributed by atoms with Gasteiger partial charge in [0.05, 0.1) is 22.9 Å². The van der Waals surface area contributed by atoms with Gasteiger partial charge in [-0.15, -0.1) is 10.2 Å². The molecule has 2 heterocycles. The highest BCUT2D eigenvalue weighted by molar-refractivity contribution is 7.90. The molecule has 0 aliphatic carbocycles. The molecule has 0 amide bonds. The van der Waals surface area contributed by atoms with E-state index in [-0.39, 0.29) is 17.5 Å². The number of rotatable bonds is 0. The van der Waals surface area contributed by atoms with Crippen molar-refractivity contribution in [2.24, 2.45) is 0 Å². The maximum absolute atomic E-state index is 11.2. The molecule has 6 nitrogen and oxygen atoms in total. The number of fused-ring (bicyclic) bond motifs is 1. The summed E-state index contributed by atoms with van der Waals surface area (Å²) in [6.07, 6.45) is 0.386. The Bertz CT molecular complexity index is 442. The Morgan fingerprint density at radius 1 is 1.23 bits per heavy atom. The van der Waals surface area contributed by atoms with E-state index in [0.29, 0.717) is 17.8 Å². The summed E-state index contributed by atoms with van der Waals surface area (Å²) in [6, 6.07) is 0. The Morgan fingerprint density at radius 2 is 2.00 bits per heavy atom. The highest BCUT2D eigenvalue weighted by Crippen LogP contribution is 2.16. The molecule has 2 N–H and O–H groups in total. The molecule has 1 aromatic heterocycles. The van der Waals surface area contributed by atoms with E-state index in [1.165, 1.54) is 0 Å². The van der Waals surface area contributed by atoms with Gasteiger partial charge < -0.3 is 5.73 Å². The van der Waals surface area contributed by atoms with Gasteiger partial charge in [-0.3, -0.25) is 0 Å². The van der Waals surface area contributed by atoms with Crippen LogP contribution in [0.5, 0.6) is 0 Å². The molecule has 1 aromatic rings. The lowest BCUT2D eigenvalue weighted by Crippen LogP contribution is -2.22. The van der Waals surface area contributed by atoms with Gasteiger partial charge in [0.25, 0.3) is 0 Å². The molecule has 0 fully saturated rings. The van der Waals surface area contributed by atoms with Crippen molar-refractivity contribution in [2.75, 3.05) is 11.5 Å². The summed E-state index contributed by atoms with van der Waals surface area (Å²) in [5.74, 6) is 0.152. The summed E-state index contributed by atoms with van der Waals surface area (Å²) >= 11 is 0. The minimum absolute atomic E-state index is 0.0669. The molecule has 7 heteroatoms. The predicted octanol–water partition coefficient (Wildman–Crippen LogP) is -1.08. The first kappa shape index (κ1) is 8.36. The molecule has 0 saturated heterocycles. The molecule has 0 saturated carbocycles. The molecule has 13 heavy (non-hydrogen) atoms. The third-order valence-corrected chi connectivity index (χ3v) is 3.40. The summed E-state index contributed by atoms with van der Waals surface area (Å²) in [5, 5.41) is 7.21. The van der Waals surface area contributed by atoms with Crippen molar-refractivity contribution in [3.63, 3.8) is 0 Å². The number of aryl methyl sites for hydroxylation is 1. The maximum Gasteiger partial charge on any atom is 0.240 e. The van der Waals surface area contributed by atoms with Gasteiger partial charge in [-0.25, -0.2) is 13.4 Å². The van der Waals surface area contributed by atoms with Gasteiger partial charge in [-0.2, -0.15) is 0 Å². The van der Waals surface area contributed by atoms with Crippen molar-refractivity contribution in [3.05, 3.63) is 11.4 Å². The maximum atomic E-state index is 11.2. The van der Waals surface area contributed by atoms with E-state index >= 15 is 0 Å². The Hall–Kier alpha value is -1.24. The van der Waals surface area contributed by atoms with Gasteiger partial charge in [-0.1, -0.05) is 0 Å². The summed E-state index contributed by atoms with van der Waals surface area (Å²) in [5.41, 5.74) is 6.40. The van der Waals surface area contributed by atoms with Gasteiger partial charge in [0.1, 0.15) is 0 Å². The number of hydrogen-bond acceptors (Lipinski definition) is 6. The number of aromatic nitrogens is 3. The zero-order valence-corrected chi connectivity index (χ0v) is 7.58. The van der Waals surface area contributed by atoms with Crippen molar-refractivity contribution in [1.29, 1.82) is 0 Å². The lowest BCUT2D eigenvalue weighted by molar-refractivity contribution is 0.588. The average molecular weight is 200 g/mol. The Balaban J connectivity index is 2.48. The summed E-state index contributed by atoms with van der Waals surface area (Å²) in [7, 11) is -2.99. The first-order valence-electron chi connectivity index (χ1n) is 3.75. The predicted molar refractivity (Wildman–Crippen MR) is 45.4 cm³/mol. The van der Waals surface area contributed by atoms with Crippen molar-refractivity contribution in [1.82, 2.24) is 15.2 Å². The fourth-order valence-electron chi connectivity index (χ4n) is 1.24. The average Bonchev–Trinajstić information content (AvgIpc) is 2.05. The molecular weight excluding hydrogens is 192 g/mol. The largest absolute Gasteiger partial charge is 0.366 e. The Morgan fingerprint density at radius 3 is 2.77 bits per heavy atom. The normalized spacial score (nSPS) is 19.4. The van der Waals surface area contributed by atoms with Crippen LogP contribution in [0.2, 0.25) is 0 Å². The highest BCUT2D eigenvalue weighted by atomic mass is 32.2. The van der Waals surface area contributed by atoms with Gasteiger partial charge >= 0.3 is 0 Å². The summed E-state index contributed by atoms with van der Waals surface area (Å²) < 4.78 is 22.3. The zero-order chi connectivity index (χ0) is 9.47. The zero-order valence-electron chi connectivity index (χ0n) is 6.77. The molecule has 70 valence electrons. The standard InChI is InChI=1S/C6H8N4O2S/c7-6-8-4-1-2-13(11,12)3-5(4)9-10-6/h1-3H2,(H2,7,8,10). The number of hydrogen-bond donors (Lipinski definition) is 1. The van der Waals surface area contributed by atoms with Crippen LogP contribution in [-0.2, 0) is 22.0 Å². The second-order valence-electron chi connectivity index (χ2n) is 2.91. The molecule has 1 aliphatic rings. The smallest absolute Gasteiger partial charge is 0.240 e. The summed E-state index contributed by atoms with van der Waals surface area (Å²) in [6.45, 7) is 0. The molecule has 2 rings (SSSR count). The Kier molecular flexibility index (Phi) is 1.69. The minimum Gasteiger partial charge on any atom is -0.366 e. The molecule has 0 unspecified atom stereocenters. The van der Waals surface area contributed by atoms with Crippen LogP contribution < -0.4 is 5.73 Å². The van der Waals surface area contributed by atoms with Crippen LogP contribution in [-0.4, -0.2) is 29.4 Å². The van der Waals surface area contributed by atoms with Crippen LogP contribution in [0.25, 0.3) is 0 Å². The quantitative estimate of drug-likeness (QED) is 0.572. The van der Waals surface area contributed by atoms with Crippen LogP contribution in [0, 0.1) is 0 Å². The molecule has 0 atom stereocenters. The lowest BCUT2D eigenvalue weighted by Gasteiger charge is -2.12. The third kappa shape index (κ3) is 1.59. The second-order valence-corrected chi connectivity index (χ2v) is 5.09. The second kappa shape index (κ2) is 2.63. The first-order valence-corrected chi connectivity index (χ1v) is 5.57. The van der Waals surface area contributed by atoms with E-state index in [4.69, 9.17) is 5.73 Å². The van der Waals surface area contributed by atoms with Crippen molar-refractivity contribution in [3.8, 4) is 0 Å². The molecular formula is C6H8N4O2S. The highest BCUT2D eigenvalue weighted by Gasteiger charge is 2.23. The molecule has 0 radical (unpaired) electrons. The van der Waals surface area contributed by atoms with Crippen LogP contribution in [0.1, 0.15) is 11.4 Å². The monoisotopic (exact) mass is 200 g/mol. The van der Waals surface area contributed by atoms with Crippen LogP contribution >= 0.6 is 0 Å². The van der Waals surface area contributed by atoms with Crippen molar-refractivity contribution >= 4 is 15.8 Å². The van der Waals surface area contributed by atoms with Gasteiger partial charge in [-0.05, 0) is 0 Å². The van der Waals surface area contributed by atoms with Crippen molar-refractivity contribution in [2.45, 2.75) is 12.2 Å². The number of nitrogens with two attached hydrogens (primary N) is 1. The van der Waals surface area contributed by atoms with Crippen LogP contribution in [0.4, 0.5) is 5.95 Å². The van der Waals surface area contributed by atoms with E-state index in [0.717, 1.165) is 0 Å². The fraction of sp³-hybridized carbons (Fsp3) is 0.500. The fourth-order valence-corrected chi connectivity index (χ4v) is 2.53. The Labute approximate surface area is 75.1 Å². The van der Waals surface area contributed by atoms with E-state index in [9.17, 15) is 8.42 Å². The van der Waals surface area contributed by atoms with E-state index in [1.807, 2.05) is 0 Å². The number of nitrogens with zero attached hydrogens (tertiary/aromatic N) is 3. The molecule has 1 aliphatic heterocycles. The third-order valence-electron chi connectivity index (χ3n) is 1.86. The topological polar surface area (TPSA) is 98.8 Å². The summed E-state index contributed by atoms with van der Waals surface area (Å²) in [4.78, 5) is 3.92. The van der Waals surface area contributed by atoms with Gasteiger partial charge in [0.15, 0.2) is 9.84 Å². The molecule has 0 bridgehead atoms. The first-order chi connectivity index (χ1) is 6.07. The number of sulfone groups is 1. The van der Waals surface area contributed by atoms with Crippen LogP contribution in [0.3, 0.4) is 0 Å². The number of anilines is 1. The van der Waals surface area contributed by atoms with Crippen LogP contribution in [0.15, 0.2) is 0 Å². The van der Waals surface area contributed by atoms with Gasteiger partial charge in [0.2, 0.25) is 5.95 Å². The molecule has 0 spiro atoms. The molecule has 0 aromatic carbocycles. The van der Waals surface area contributed by atoms with E-state index < -0.39 is 9.84 Å². The number of nitrogen functional groups attached to an aromatic ring is 1. The van der Waals surface area contributed by atoms with E-state index in [1.54, 1.807) is 0 Å². The van der Waals surface area contributed by atoms with Gasteiger partial charge in [0, 0.05) is 6.42 Å².